The molecule has 0 radical (unpaired) electrons. The molecule has 2 atom stereocenters. The predicted octanol–water partition coefficient (Wildman–Crippen LogP) is 16.6. The van der Waals surface area contributed by atoms with Crippen LogP contribution in [0, 0.1) is 0 Å². The third-order valence-electron chi connectivity index (χ3n) is 12.1. The van der Waals surface area contributed by atoms with E-state index in [0.29, 0.717) is 24.1 Å². The van der Waals surface area contributed by atoms with E-state index in [2.05, 4.69) is 26.0 Å². The van der Waals surface area contributed by atoms with Crippen molar-refractivity contribution in [2.24, 2.45) is 0 Å². The molecule has 0 rings (SSSR count). The highest BCUT2D eigenvalue weighted by Gasteiger charge is 2.26. The van der Waals surface area contributed by atoms with Gasteiger partial charge in [-0.2, -0.15) is 0 Å². The van der Waals surface area contributed by atoms with E-state index in [1.54, 1.807) is 0 Å². The fourth-order valence-corrected chi connectivity index (χ4v) is 8.65. The van der Waals surface area contributed by atoms with E-state index in [4.69, 9.17) is 18.5 Å². The molecule has 0 saturated heterocycles. The van der Waals surface area contributed by atoms with Gasteiger partial charge in [0.2, 0.25) is 0 Å². The Morgan fingerprint density at radius 3 is 1.23 bits per heavy atom. The summed E-state index contributed by atoms with van der Waals surface area (Å²) in [6, 6.07) is 0. The number of nitrogens with zero attached hydrogens (tertiary/aromatic N) is 1. The number of allylic oxidation sites excluding steroid dienone is 2. The van der Waals surface area contributed by atoms with Crippen molar-refractivity contribution in [1.82, 2.24) is 0 Å². The van der Waals surface area contributed by atoms with Gasteiger partial charge >= 0.3 is 13.8 Å². The van der Waals surface area contributed by atoms with Crippen LogP contribution in [-0.2, 0) is 27.9 Å². The number of unbranched alkanes of at least 4 members (excludes halogenated alkanes) is 35. The second-order valence-electron chi connectivity index (χ2n) is 19.6. The number of phosphoric acid groups is 1. The average molecular weight is 901 g/mol. The van der Waals surface area contributed by atoms with E-state index in [1.807, 2.05) is 21.1 Å². The second-order valence-corrected chi connectivity index (χ2v) is 21.1. The number of quaternary nitrogens is 1. The van der Waals surface area contributed by atoms with Gasteiger partial charge in [0.05, 0.1) is 34.4 Å². The highest BCUT2D eigenvalue weighted by Crippen LogP contribution is 2.43. The van der Waals surface area contributed by atoms with Gasteiger partial charge in [0.15, 0.2) is 0 Å². The molecule has 2 unspecified atom stereocenters. The molecule has 370 valence electrons. The van der Waals surface area contributed by atoms with Crippen molar-refractivity contribution in [1.29, 1.82) is 0 Å². The van der Waals surface area contributed by atoms with Crippen molar-refractivity contribution in [3.8, 4) is 0 Å². The highest BCUT2D eigenvalue weighted by atomic mass is 31.2. The zero-order valence-electron chi connectivity index (χ0n) is 42.1. The molecule has 0 heterocycles. The summed E-state index contributed by atoms with van der Waals surface area (Å²) in [5, 5.41) is 0. The van der Waals surface area contributed by atoms with E-state index >= 15 is 0 Å². The van der Waals surface area contributed by atoms with E-state index < -0.39 is 13.9 Å². The third-order valence-corrected chi connectivity index (χ3v) is 13.1. The van der Waals surface area contributed by atoms with Crippen LogP contribution in [-0.4, -0.2) is 75.6 Å². The molecule has 9 heteroatoms. The van der Waals surface area contributed by atoms with E-state index in [0.717, 1.165) is 32.1 Å². The quantitative estimate of drug-likeness (QED) is 0.0214. The summed E-state index contributed by atoms with van der Waals surface area (Å²) in [5.74, 6) is -0.308. The van der Waals surface area contributed by atoms with Gasteiger partial charge in [-0.15, -0.1) is 0 Å². The van der Waals surface area contributed by atoms with Crippen molar-refractivity contribution >= 4 is 13.8 Å². The van der Waals surface area contributed by atoms with Crippen molar-refractivity contribution in [2.75, 3.05) is 54.1 Å². The number of likely N-dealkylation sites (N-methyl/N-ethyl adjacent to an activating group) is 1. The molecule has 0 spiro atoms. The maximum absolute atomic E-state index is 12.8. The third kappa shape index (κ3) is 50.2. The minimum absolute atomic E-state index is 0.0923. The summed E-state index contributed by atoms with van der Waals surface area (Å²) >= 11 is 0. The van der Waals surface area contributed by atoms with E-state index in [-0.39, 0.29) is 25.8 Å². The van der Waals surface area contributed by atoms with Crippen LogP contribution in [0.1, 0.15) is 264 Å². The van der Waals surface area contributed by atoms with Crippen molar-refractivity contribution in [3.05, 3.63) is 12.2 Å². The number of ether oxygens (including phenoxy) is 2. The number of hydrogen-bond donors (Lipinski definition) is 1. The summed E-state index contributed by atoms with van der Waals surface area (Å²) in [4.78, 5) is 23.0. The fourth-order valence-electron chi connectivity index (χ4n) is 7.90. The minimum Gasteiger partial charge on any atom is -0.457 e. The number of carbonyl (C=O) groups excluding carboxylic acids is 1. The van der Waals surface area contributed by atoms with Crippen molar-refractivity contribution in [3.63, 3.8) is 0 Å². The molecule has 0 saturated carbocycles. The second kappa shape index (κ2) is 46.8. The van der Waals surface area contributed by atoms with Crippen LogP contribution in [0.15, 0.2) is 12.2 Å². The molecule has 0 aliphatic rings. The Morgan fingerprint density at radius 1 is 0.484 bits per heavy atom. The van der Waals surface area contributed by atoms with Crippen LogP contribution >= 0.6 is 7.82 Å². The molecule has 0 aliphatic heterocycles. The predicted molar refractivity (Wildman–Crippen MR) is 266 cm³/mol. The number of phosphoric ester groups is 1. The lowest BCUT2D eigenvalue weighted by Crippen LogP contribution is -2.37. The molecule has 0 fully saturated rings. The maximum Gasteiger partial charge on any atom is 0.472 e. The van der Waals surface area contributed by atoms with E-state index in [1.165, 1.54) is 212 Å². The van der Waals surface area contributed by atoms with Crippen LogP contribution in [0.25, 0.3) is 0 Å². The first-order chi connectivity index (χ1) is 30.1. The first-order valence-corrected chi connectivity index (χ1v) is 28.4. The summed E-state index contributed by atoms with van der Waals surface area (Å²) < 4.78 is 35.2. The average Bonchev–Trinajstić information content (AvgIpc) is 3.23. The molecule has 8 nitrogen and oxygen atoms in total. The van der Waals surface area contributed by atoms with E-state index in [9.17, 15) is 14.3 Å². The number of rotatable bonds is 51. The summed E-state index contributed by atoms with van der Waals surface area (Å²) in [7, 11) is 1.68. The topological polar surface area (TPSA) is 91.3 Å². The van der Waals surface area contributed by atoms with Crippen molar-refractivity contribution in [2.45, 2.75) is 270 Å². The smallest absolute Gasteiger partial charge is 0.457 e. The normalized spacial score (nSPS) is 13.6. The summed E-state index contributed by atoms with van der Waals surface area (Å²) in [5.41, 5.74) is 0. The van der Waals surface area contributed by atoms with Crippen LogP contribution in [0.5, 0.6) is 0 Å². The Bertz CT molecular complexity index is 1000. The van der Waals surface area contributed by atoms with Gasteiger partial charge < -0.3 is 18.9 Å². The van der Waals surface area contributed by atoms with Gasteiger partial charge in [-0.05, 0) is 38.5 Å². The zero-order chi connectivity index (χ0) is 45.5. The van der Waals surface area contributed by atoms with Crippen LogP contribution in [0.4, 0.5) is 0 Å². The zero-order valence-corrected chi connectivity index (χ0v) is 43.0. The lowest BCUT2D eigenvalue weighted by Gasteiger charge is -2.24. The van der Waals surface area contributed by atoms with Crippen LogP contribution in [0.3, 0.4) is 0 Å². The first kappa shape index (κ1) is 61.2. The molecule has 62 heavy (non-hydrogen) atoms. The molecule has 0 amide bonds. The fraction of sp³-hybridized carbons (Fsp3) is 0.943. The molecule has 1 N–H and O–H groups in total. The number of hydrogen-bond acceptors (Lipinski definition) is 6. The van der Waals surface area contributed by atoms with Crippen molar-refractivity contribution < 1.29 is 37.3 Å². The van der Waals surface area contributed by atoms with Crippen LogP contribution < -0.4 is 0 Å². The molecule has 0 bridgehead atoms. The lowest BCUT2D eigenvalue weighted by atomic mass is 10.0. The van der Waals surface area contributed by atoms with Gasteiger partial charge in [-0.3, -0.25) is 13.8 Å². The van der Waals surface area contributed by atoms with Gasteiger partial charge in [0.25, 0.3) is 0 Å². The molecule has 0 aromatic heterocycles. The van der Waals surface area contributed by atoms with Gasteiger partial charge in [0.1, 0.15) is 19.3 Å². The van der Waals surface area contributed by atoms with Gasteiger partial charge in [-0.25, -0.2) is 4.57 Å². The Morgan fingerprint density at radius 2 is 0.839 bits per heavy atom. The lowest BCUT2D eigenvalue weighted by molar-refractivity contribution is -0.870. The Hall–Kier alpha value is -0.760. The molecule has 0 aromatic carbocycles. The Balaban J connectivity index is 4.06. The molecule has 0 aliphatic carbocycles. The van der Waals surface area contributed by atoms with Gasteiger partial charge in [0, 0.05) is 13.0 Å². The summed E-state index contributed by atoms with van der Waals surface area (Å²) in [6.07, 6.45) is 54.0. The maximum atomic E-state index is 12.8. The highest BCUT2D eigenvalue weighted by molar-refractivity contribution is 7.47. The Labute approximate surface area is 386 Å². The van der Waals surface area contributed by atoms with Crippen LogP contribution in [0.2, 0.25) is 0 Å². The monoisotopic (exact) mass is 901 g/mol. The Kier molecular flexibility index (Phi) is 46.2. The number of esters is 1. The minimum atomic E-state index is -4.28. The summed E-state index contributed by atoms with van der Waals surface area (Å²) in [6.45, 7) is 5.69. The first-order valence-electron chi connectivity index (χ1n) is 26.9. The largest absolute Gasteiger partial charge is 0.472 e. The molecule has 0 aromatic rings. The number of carbonyl (C=O) groups is 1. The van der Waals surface area contributed by atoms with Gasteiger partial charge in [-0.1, -0.05) is 231 Å². The molecular formula is C53H107NO7P+. The SMILES string of the molecule is CCCCCCCCCC/C=C\CCCCCCCCCCCCCC(=O)OC(COCCCCCCCCCCCCCCCCCCC)COP(=O)(O)OCC[N+](C)(C)C. The molecular weight excluding hydrogens is 794 g/mol. The standard InChI is InChI=1S/C53H106NO7P/c1-6-8-10-12-14-16-18-20-22-24-25-26-27-28-29-30-32-34-36-38-40-42-44-46-53(55)61-52(51-60-62(56,57)59-49-47-54(3,4)5)50-58-48-45-43-41-39-37-35-33-31-23-21-19-17-15-13-11-9-7-2/h24-25,52H,6-23,26-51H2,1-5H3/p+1/b25-24-.